The fourth-order valence-electron chi connectivity index (χ4n) is 4.27. The highest BCUT2D eigenvalue weighted by molar-refractivity contribution is 7.22. The molecule has 0 bridgehead atoms. The van der Waals surface area contributed by atoms with Crippen LogP contribution in [0.5, 0.6) is 0 Å². The Balaban J connectivity index is 1.22. The minimum Gasteiger partial charge on any atom is -0.465 e. The fourth-order valence-corrected chi connectivity index (χ4v) is 6.40. The van der Waals surface area contributed by atoms with Crippen molar-refractivity contribution in [2.45, 2.75) is 64.2 Å². The summed E-state index contributed by atoms with van der Waals surface area (Å²) in [6.45, 7) is 2.63. The van der Waals surface area contributed by atoms with Gasteiger partial charge >= 0.3 is 5.97 Å². The van der Waals surface area contributed by atoms with Crippen LogP contribution in [0.15, 0.2) is 48.5 Å². The highest BCUT2D eigenvalue weighted by atomic mass is 32.1. The molecule has 1 unspecified atom stereocenters. The van der Waals surface area contributed by atoms with Gasteiger partial charge in [-0.15, -0.1) is 22.7 Å². The average Bonchev–Trinajstić information content (AvgIpc) is 3.52. The monoisotopic (exact) mass is 466 g/mol. The molecule has 3 aromatic rings. The first-order chi connectivity index (χ1) is 15.6. The van der Waals surface area contributed by atoms with E-state index in [9.17, 15) is 9.59 Å². The molecule has 3 nitrogen and oxygen atoms in total. The number of fused-ring (bicyclic) bond motifs is 1. The molecule has 32 heavy (non-hydrogen) atoms. The summed E-state index contributed by atoms with van der Waals surface area (Å²) in [6.07, 6.45) is 7.77. The molecule has 0 amide bonds. The quantitative estimate of drug-likeness (QED) is 0.218. The Hall–Kier alpha value is -2.24. The summed E-state index contributed by atoms with van der Waals surface area (Å²) in [5.74, 6) is -0.140. The third kappa shape index (κ3) is 5.76. The molecule has 0 radical (unpaired) electrons. The first-order valence-electron chi connectivity index (χ1n) is 11.6. The van der Waals surface area contributed by atoms with Crippen LogP contribution in [-0.2, 0) is 22.4 Å². The van der Waals surface area contributed by atoms with Crippen LogP contribution in [0.4, 0.5) is 0 Å². The van der Waals surface area contributed by atoms with Gasteiger partial charge in [-0.1, -0.05) is 50.5 Å². The predicted octanol–water partition coefficient (Wildman–Crippen LogP) is 7.45. The molecule has 0 saturated carbocycles. The Bertz CT molecular complexity index is 1060. The third-order valence-electron chi connectivity index (χ3n) is 6.00. The van der Waals surface area contributed by atoms with Gasteiger partial charge in [-0.05, 0) is 42.7 Å². The predicted molar refractivity (Wildman–Crippen MR) is 133 cm³/mol. The largest absolute Gasteiger partial charge is 0.465 e. The maximum Gasteiger partial charge on any atom is 0.306 e. The van der Waals surface area contributed by atoms with Crippen LogP contribution in [0.1, 0.15) is 77.0 Å². The zero-order chi connectivity index (χ0) is 22.3. The zero-order valence-electron chi connectivity index (χ0n) is 18.6. The van der Waals surface area contributed by atoms with Gasteiger partial charge in [0.2, 0.25) is 0 Å². The van der Waals surface area contributed by atoms with Crippen LogP contribution < -0.4 is 0 Å². The first kappa shape index (κ1) is 22.9. The second-order valence-corrected chi connectivity index (χ2v) is 10.8. The number of aryl methyl sites for hydroxylation is 1. The maximum absolute atomic E-state index is 12.3. The second kappa shape index (κ2) is 11.1. The lowest BCUT2D eigenvalue weighted by Gasteiger charge is -2.10. The summed E-state index contributed by atoms with van der Waals surface area (Å²) in [6, 6.07) is 16.4. The Morgan fingerprint density at radius 2 is 1.66 bits per heavy atom. The molecule has 0 saturated heterocycles. The van der Waals surface area contributed by atoms with E-state index in [4.69, 9.17) is 4.74 Å². The summed E-state index contributed by atoms with van der Waals surface area (Å²) in [4.78, 5) is 29.7. The van der Waals surface area contributed by atoms with Crippen molar-refractivity contribution >= 4 is 34.4 Å². The summed E-state index contributed by atoms with van der Waals surface area (Å²) < 4.78 is 5.50. The number of hydrogen-bond acceptors (Lipinski definition) is 5. The summed E-state index contributed by atoms with van der Waals surface area (Å²) in [5, 5.41) is 0. The molecule has 0 aliphatic heterocycles. The molecule has 0 N–H and O–H groups in total. The number of ether oxygens (including phenoxy) is 1. The van der Waals surface area contributed by atoms with Crippen LogP contribution in [0.2, 0.25) is 0 Å². The number of esters is 1. The van der Waals surface area contributed by atoms with E-state index >= 15 is 0 Å². The smallest absolute Gasteiger partial charge is 0.306 e. The normalized spacial score (nSPS) is 15.2. The van der Waals surface area contributed by atoms with Crippen molar-refractivity contribution in [2.24, 2.45) is 0 Å². The van der Waals surface area contributed by atoms with Crippen LogP contribution in [0, 0.1) is 0 Å². The minimum absolute atomic E-state index is 0.0467. The van der Waals surface area contributed by atoms with Gasteiger partial charge in [-0.3, -0.25) is 9.59 Å². The minimum atomic E-state index is -0.220. The van der Waals surface area contributed by atoms with Crippen LogP contribution in [0.3, 0.4) is 0 Å². The number of rotatable bonds is 11. The number of Topliss-reactive ketones (excluding diaryl/α,β-unsaturated/α-hetero) is 1. The Kier molecular flexibility index (Phi) is 7.93. The molecule has 1 atom stereocenters. The van der Waals surface area contributed by atoms with E-state index in [0.717, 1.165) is 17.5 Å². The number of thiophene rings is 2. The van der Waals surface area contributed by atoms with Gasteiger partial charge in [-0.2, -0.15) is 0 Å². The van der Waals surface area contributed by atoms with Gasteiger partial charge in [-0.25, -0.2) is 0 Å². The molecule has 0 fully saturated rings. The lowest BCUT2D eigenvalue weighted by atomic mass is 9.98. The molecule has 2 aromatic heterocycles. The molecule has 168 valence electrons. The van der Waals surface area contributed by atoms with Crippen LogP contribution in [0.25, 0.3) is 9.75 Å². The second-order valence-electron chi connectivity index (χ2n) is 8.43. The van der Waals surface area contributed by atoms with Crippen molar-refractivity contribution in [3.63, 3.8) is 0 Å². The van der Waals surface area contributed by atoms with E-state index in [2.05, 4.69) is 31.2 Å². The molecular formula is C27H30O3S2. The van der Waals surface area contributed by atoms with Crippen molar-refractivity contribution in [1.29, 1.82) is 0 Å². The SMILES string of the molecule is CCCCCCc1ccc(-c2ccc(CCOC(=O)CC3CC(=O)c4ccccc43)s2)s1. The molecular weight excluding hydrogens is 436 g/mol. The Morgan fingerprint density at radius 3 is 2.41 bits per heavy atom. The van der Waals surface area contributed by atoms with Gasteiger partial charge in [0.25, 0.3) is 0 Å². The van der Waals surface area contributed by atoms with Crippen molar-refractivity contribution in [3.05, 3.63) is 69.4 Å². The molecule has 0 spiro atoms. The van der Waals surface area contributed by atoms with Crippen LogP contribution >= 0.6 is 22.7 Å². The van der Waals surface area contributed by atoms with Gasteiger partial charge in [0, 0.05) is 43.8 Å². The number of ketones is 1. The van der Waals surface area contributed by atoms with Crippen LogP contribution in [-0.4, -0.2) is 18.4 Å². The lowest BCUT2D eigenvalue weighted by molar-refractivity contribution is -0.143. The summed E-state index contributed by atoms with van der Waals surface area (Å²) in [7, 11) is 0. The van der Waals surface area contributed by atoms with Crippen molar-refractivity contribution in [1.82, 2.24) is 0 Å². The van der Waals surface area contributed by atoms with Gasteiger partial charge in [0.15, 0.2) is 5.78 Å². The number of benzene rings is 1. The van der Waals surface area contributed by atoms with Gasteiger partial charge in [0.1, 0.15) is 0 Å². The Morgan fingerprint density at radius 1 is 0.938 bits per heavy atom. The first-order valence-corrected chi connectivity index (χ1v) is 13.2. The molecule has 1 aliphatic carbocycles. The molecule has 4 rings (SSSR count). The molecule has 1 aliphatic rings. The van der Waals surface area contributed by atoms with Gasteiger partial charge in [0.05, 0.1) is 13.0 Å². The van der Waals surface area contributed by atoms with E-state index in [-0.39, 0.29) is 24.1 Å². The lowest BCUT2D eigenvalue weighted by Crippen LogP contribution is -2.11. The van der Waals surface area contributed by atoms with Crippen molar-refractivity contribution in [2.75, 3.05) is 6.61 Å². The number of hydrogen-bond donors (Lipinski definition) is 0. The van der Waals surface area contributed by atoms with Gasteiger partial charge < -0.3 is 4.74 Å². The van der Waals surface area contributed by atoms with E-state index in [1.807, 2.05) is 35.6 Å². The number of unbranched alkanes of at least 4 members (excludes halogenated alkanes) is 3. The highest BCUT2D eigenvalue weighted by Crippen LogP contribution is 2.36. The van der Waals surface area contributed by atoms with E-state index in [1.165, 1.54) is 51.6 Å². The number of carbonyl (C=O) groups excluding carboxylic acids is 2. The maximum atomic E-state index is 12.3. The summed E-state index contributed by atoms with van der Waals surface area (Å²) in [5.41, 5.74) is 1.74. The molecule has 5 heteroatoms. The number of carbonyl (C=O) groups is 2. The summed E-state index contributed by atoms with van der Waals surface area (Å²) >= 11 is 3.68. The fraction of sp³-hybridized carbons (Fsp3) is 0.407. The third-order valence-corrected chi connectivity index (χ3v) is 8.49. The van der Waals surface area contributed by atoms with Crippen molar-refractivity contribution in [3.8, 4) is 9.75 Å². The topological polar surface area (TPSA) is 43.4 Å². The molecule has 2 heterocycles. The van der Waals surface area contributed by atoms with E-state index < -0.39 is 0 Å². The van der Waals surface area contributed by atoms with Crippen molar-refractivity contribution < 1.29 is 14.3 Å². The average molecular weight is 467 g/mol. The van der Waals surface area contributed by atoms with E-state index in [0.29, 0.717) is 13.0 Å². The molecule has 1 aromatic carbocycles. The standard InChI is InChI=1S/C27H30O3S2/c1-2-3-4-5-8-20-11-13-25(31-20)26-14-12-21(32-26)15-16-30-27(29)18-19-17-24(28)23-10-7-6-9-22(19)23/h6-7,9-14,19H,2-5,8,15-18H2,1H3. The zero-order valence-corrected chi connectivity index (χ0v) is 20.2. The highest BCUT2D eigenvalue weighted by Gasteiger charge is 2.30. The van der Waals surface area contributed by atoms with E-state index in [1.54, 1.807) is 11.3 Å². The Labute approximate surface area is 198 Å².